The second kappa shape index (κ2) is 7.16. The number of piperidine rings is 1. The molecule has 3 aliphatic heterocycles. The zero-order valence-electron chi connectivity index (χ0n) is 17.2. The summed E-state index contributed by atoms with van der Waals surface area (Å²) in [6, 6.07) is 13.3. The smallest absolute Gasteiger partial charge is 0.337 e. The SMILES string of the molecule is CON1NN(c2ccccc2C(=O)O)c2cccc(OC34CCCC(CC3)N4C)c21. The minimum Gasteiger partial charge on any atom is -0.478 e. The van der Waals surface area contributed by atoms with Crippen LogP contribution < -0.4 is 20.5 Å². The van der Waals surface area contributed by atoms with E-state index in [9.17, 15) is 9.90 Å². The molecule has 5 rings (SSSR count). The van der Waals surface area contributed by atoms with Crippen molar-refractivity contribution in [1.29, 1.82) is 0 Å². The van der Waals surface area contributed by atoms with E-state index in [4.69, 9.17) is 9.57 Å². The molecule has 3 heterocycles. The number of nitrogens with zero attached hydrogens (tertiary/aromatic N) is 3. The fourth-order valence-corrected chi connectivity index (χ4v) is 5.06. The van der Waals surface area contributed by atoms with Gasteiger partial charge >= 0.3 is 5.97 Å². The molecule has 2 aromatic carbocycles. The van der Waals surface area contributed by atoms with Crippen LogP contribution in [0.2, 0.25) is 0 Å². The molecule has 0 spiro atoms. The molecule has 0 saturated carbocycles. The summed E-state index contributed by atoms with van der Waals surface area (Å²) in [6.07, 6.45) is 5.53. The largest absolute Gasteiger partial charge is 0.478 e. The molecule has 2 N–H and O–H groups in total. The fourth-order valence-electron chi connectivity index (χ4n) is 5.06. The quantitative estimate of drug-likeness (QED) is 0.773. The number of aromatic carboxylic acids is 1. The maximum absolute atomic E-state index is 11.8. The lowest BCUT2D eigenvalue weighted by Gasteiger charge is -2.42. The van der Waals surface area contributed by atoms with Crippen molar-refractivity contribution in [3.63, 3.8) is 0 Å². The van der Waals surface area contributed by atoms with Gasteiger partial charge in [-0.05, 0) is 50.6 Å². The van der Waals surface area contributed by atoms with Crippen molar-refractivity contribution >= 4 is 23.0 Å². The highest BCUT2D eigenvalue weighted by atomic mass is 16.7. The summed E-state index contributed by atoms with van der Waals surface area (Å²) in [4.78, 5) is 19.7. The van der Waals surface area contributed by atoms with Crippen molar-refractivity contribution < 1.29 is 19.5 Å². The molecule has 158 valence electrons. The molecule has 0 aliphatic carbocycles. The van der Waals surface area contributed by atoms with Crippen LogP contribution in [0.15, 0.2) is 42.5 Å². The zero-order valence-corrected chi connectivity index (χ0v) is 17.2. The van der Waals surface area contributed by atoms with E-state index < -0.39 is 5.97 Å². The van der Waals surface area contributed by atoms with Crippen LogP contribution in [0, 0.1) is 0 Å². The standard InChI is InChI=1S/C22H26N4O4/c1-24-15-7-6-13-22(24,14-12-15)30-19-11-5-10-18-20(19)26(29-2)23-25(18)17-9-4-3-8-16(17)21(27)28/h3-5,8-11,15,23H,6-7,12-14H2,1-2H3,(H,27,28). The number of nitrogens with one attached hydrogen (secondary N) is 1. The second-order valence-electron chi connectivity index (χ2n) is 8.10. The van der Waals surface area contributed by atoms with Crippen LogP contribution >= 0.6 is 0 Å². The molecule has 2 aromatic rings. The van der Waals surface area contributed by atoms with Gasteiger partial charge in [-0.25, -0.2) is 4.79 Å². The first-order chi connectivity index (χ1) is 14.5. The lowest BCUT2D eigenvalue weighted by Crippen LogP contribution is -2.52. The Morgan fingerprint density at radius 3 is 2.73 bits per heavy atom. The van der Waals surface area contributed by atoms with Crippen molar-refractivity contribution in [3.8, 4) is 5.75 Å². The van der Waals surface area contributed by atoms with E-state index >= 15 is 0 Å². The molecule has 0 amide bonds. The normalized spacial score (nSPS) is 25.5. The van der Waals surface area contributed by atoms with Gasteiger partial charge in [0.1, 0.15) is 0 Å². The topological polar surface area (TPSA) is 77.5 Å². The zero-order chi connectivity index (χ0) is 20.9. The Kier molecular flexibility index (Phi) is 4.57. The maximum atomic E-state index is 11.8. The predicted molar refractivity (Wildman–Crippen MR) is 113 cm³/mol. The lowest BCUT2D eigenvalue weighted by molar-refractivity contribution is -0.0823. The third-order valence-corrected chi connectivity index (χ3v) is 6.63. The Labute approximate surface area is 175 Å². The number of para-hydroxylation sites is 2. The molecule has 2 unspecified atom stereocenters. The number of benzene rings is 2. The summed E-state index contributed by atoms with van der Waals surface area (Å²) in [5, 5.41) is 12.9. The highest BCUT2D eigenvalue weighted by molar-refractivity contribution is 5.97. The summed E-state index contributed by atoms with van der Waals surface area (Å²) < 4.78 is 6.70. The van der Waals surface area contributed by atoms with Crippen LogP contribution in [-0.2, 0) is 4.84 Å². The minimum absolute atomic E-state index is 0.199. The lowest BCUT2D eigenvalue weighted by atomic mass is 10.0. The van der Waals surface area contributed by atoms with E-state index in [2.05, 4.69) is 17.5 Å². The van der Waals surface area contributed by atoms with Crippen LogP contribution in [0.3, 0.4) is 0 Å². The number of hydrogen-bond acceptors (Lipinski definition) is 7. The Morgan fingerprint density at radius 1 is 1.13 bits per heavy atom. The van der Waals surface area contributed by atoms with E-state index in [1.807, 2.05) is 24.3 Å². The molecule has 3 aliphatic rings. The summed E-state index contributed by atoms with van der Waals surface area (Å²) in [7, 11) is 3.72. The number of fused-ring (bicyclic) bond motifs is 3. The van der Waals surface area contributed by atoms with Gasteiger partial charge in [0.2, 0.25) is 0 Å². The maximum Gasteiger partial charge on any atom is 0.337 e. The third-order valence-electron chi connectivity index (χ3n) is 6.63. The average molecular weight is 410 g/mol. The summed E-state index contributed by atoms with van der Waals surface area (Å²) in [5.74, 6) is -0.275. The van der Waals surface area contributed by atoms with Crippen LogP contribution in [0.4, 0.5) is 17.1 Å². The van der Waals surface area contributed by atoms with E-state index in [1.165, 1.54) is 11.6 Å². The molecule has 2 bridgehead atoms. The number of carbonyl (C=O) groups is 1. The number of hydrogen-bond donors (Lipinski definition) is 2. The van der Waals surface area contributed by atoms with Gasteiger partial charge in [0.25, 0.3) is 0 Å². The van der Waals surface area contributed by atoms with Crippen molar-refractivity contribution in [2.24, 2.45) is 0 Å². The van der Waals surface area contributed by atoms with Gasteiger partial charge < -0.3 is 9.84 Å². The van der Waals surface area contributed by atoms with Gasteiger partial charge in [-0.15, -0.1) is 5.53 Å². The molecule has 2 atom stereocenters. The molecule has 0 aromatic heterocycles. The number of carboxylic acids is 1. The summed E-state index contributed by atoms with van der Waals surface area (Å²) >= 11 is 0. The first-order valence-corrected chi connectivity index (χ1v) is 10.3. The first-order valence-electron chi connectivity index (χ1n) is 10.3. The Balaban J connectivity index is 1.56. The Hall–Kier alpha value is -2.81. The molecule has 0 radical (unpaired) electrons. The van der Waals surface area contributed by atoms with Gasteiger partial charge in [-0.1, -0.05) is 18.2 Å². The minimum atomic E-state index is -0.989. The van der Waals surface area contributed by atoms with Crippen LogP contribution in [0.1, 0.15) is 42.5 Å². The van der Waals surface area contributed by atoms with Crippen molar-refractivity contribution in [2.75, 3.05) is 24.3 Å². The number of carboxylic acid groups (broad SMARTS) is 1. The monoisotopic (exact) mass is 410 g/mol. The molecule has 8 heteroatoms. The number of anilines is 3. The summed E-state index contributed by atoms with van der Waals surface area (Å²) in [5.41, 5.74) is 5.06. The first kappa shape index (κ1) is 19.2. The Morgan fingerprint density at radius 2 is 1.93 bits per heavy atom. The van der Waals surface area contributed by atoms with Crippen molar-refractivity contribution in [3.05, 3.63) is 48.0 Å². The van der Waals surface area contributed by atoms with Gasteiger partial charge in [-0.3, -0.25) is 14.7 Å². The summed E-state index contributed by atoms with van der Waals surface area (Å²) in [6.45, 7) is 0. The number of hydrazine groups is 2. The van der Waals surface area contributed by atoms with Crippen molar-refractivity contribution in [2.45, 2.75) is 43.9 Å². The van der Waals surface area contributed by atoms with Crippen molar-refractivity contribution in [1.82, 2.24) is 10.4 Å². The van der Waals surface area contributed by atoms with Gasteiger partial charge in [-0.2, -0.15) is 5.17 Å². The van der Waals surface area contributed by atoms with Gasteiger partial charge in [0, 0.05) is 18.9 Å². The van der Waals surface area contributed by atoms with Gasteiger partial charge in [0.05, 0.1) is 24.0 Å². The molecule has 30 heavy (non-hydrogen) atoms. The second-order valence-corrected chi connectivity index (χ2v) is 8.10. The molecule has 8 nitrogen and oxygen atoms in total. The fraction of sp³-hybridized carbons (Fsp3) is 0.409. The van der Waals surface area contributed by atoms with E-state index in [0.717, 1.165) is 37.1 Å². The highest BCUT2D eigenvalue weighted by Gasteiger charge is 2.49. The highest BCUT2D eigenvalue weighted by Crippen LogP contribution is 2.49. The van der Waals surface area contributed by atoms with Crippen LogP contribution in [-0.4, -0.2) is 41.9 Å². The number of ether oxygens (including phenoxy) is 1. The third kappa shape index (κ3) is 2.83. The Bertz CT molecular complexity index is 979. The van der Waals surface area contributed by atoms with E-state index in [1.54, 1.807) is 30.3 Å². The van der Waals surface area contributed by atoms with E-state index in [0.29, 0.717) is 17.5 Å². The van der Waals surface area contributed by atoms with E-state index in [-0.39, 0.29) is 11.3 Å². The van der Waals surface area contributed by atoms with Crippen LogP contribution in [0.25, 0.3) is 0 Å². The molecule has 2 fully saturated rings. The molecule has 2 saturated heterocycles. The van der Waals surface area contributed by atoms with Gasteiger partial charge in [0.15, 0.2) is 17.2 Å². The molecular weight excluding hydrogens is 384 g/mol. The average Bonchev–Trinajstić information content (AvgIpc) is 3.19. The molecular formula is C22H26N4O4. The predicted octanol–water partition coefficient (Wildman–Crippen LogP) is 3.68. The number of rotatable bonds is 5. The van der Waals surface area contributed by atoms with Crippen LogP contribution in [0.5, 0.6) is 5.75 Å².